The molecule has 0 spiro atoms. The number of carbonyl (C=O) groups excluding carboxylic acids is 1. The van der Waals surface area contributed by atoms with Gasteiger partial charge >= 0.3 is 0 Å². The number of carbonyl (C=O) groups is 1. The van der Waals surface area contributed by atoms with E-state index in [0.717, 1.165) is 31.7 Å². The van der Waals surface area contributed by atoms with E-state index in [-0.39, 0.29) is 11.9 Å². The van der Waals surface area contributed by atoms with Crippen LogP contribution in [0.2, 0.25) is 0 Å². The lowest BCUT2D eigenvalue weighted by Crippen LogP contribution is -2.54. The maximum Gasteiger partial charge on any atom is 0.273 e. The van der Waals surface area contributed by atoms with Gasteiger partial charge in [0.15, 0.2) is 12.1 Å². The average molecular weight is 365 g/mol. The quantitative estimate of drug-likeness (QED) is 0.848. The highest BCUT2D eigenvalue weighted by Crippen LogP contribution is 2.43. The fraction of sp³-hybridized carbons (Fsp3) is 0.545. The van der Waals surface area contributed by atoms with Crippen LogP contribution < -0.4 is 5.32 Å². The largest absolute Gasteiger partial charge is 0.447 e. The minimum absolute atomic E-state index is 0.0616. The fourth-order valence-electron chi connectivity index (χ4n) is 4.64. The summed E-state index contributed by atoms with van der Waals surface area (Å²) in [5.41, 5.74) is 3.23. The van der Waals surface area contributed by atoms with Crippen LogP contribution in [-0.2, 0) is 6.54 Å². The molecule has 0 radical (unpaired) electrons. The third kappa shape index (κ3) is 3.08. The smallest absolute Gasteiger partial charge is 0.273 e. The fourth-order valence-corrected chi connectivity index (χ4v) is 4.64. The number of oxazole rings is 1. The lowest BCUT2D eigenvalue weighted by Gasteiger charge is -2.37. The number of fused-ring (bicyclic) bond motifs is 1. The highest BCUT2D eigenvalue weighted by Gasteiger charge is 2.52. The zero-order valence-electron chi connectivity index (χ0n) is 16.0. The van der Waals surface area contributed by atoms with Crippen molar-refractivity contribution >= 4 is 5.91 Å². The molecule has 3 unspecified atom stereocenters. The van der Waals surface area contributed by atoms with Crippen LogP contribution >= 0.6 is 0 Å². The Morgan fingerprint density at radius 3 is 2.78 bits per heavy atom. The predicted octanol–water partition coefficient (Wildman–Crippen LogP) is 3.68. The summed E-state index contributed by atoms with van der Waals surface area (Å²) in [6, 6.07) is 9.66. The molecule has 1 N–H and O–H groups in total. The molecule has 2 aliphatic carbocycles. The second-order valence-corrected chi connectivity index (χ2v) is 8.73. The molecule has 2 bridgehead atoms. The predicted molar refractivity (Wildman–Crippen MR) is 103 cm³/mol. The first kappa shape index (κ1) is 17.0. The molecule has 1 amide bonds. The molecule has 5 nitrogen and oxygen atoms in total. The number of nitrogens with zero attached hydrogens (tertiary/aromatic N) is 2. The third-order valence-corrected chi connectivity index (χ3v) is 6.49. The lowest BCUT2D eigenvalue weighted by atomic mass is 9.80. The summed E-state index contributed by atoms with van der Waals surface area (Å²) < 4.78 is 5.46. The minimum atomic E-state index is -0.0616. The SMILES string of the molecule is CC(C)c1ccc(CN2CC3CC2C3NC(=O)c2ncoc2C2CC2)cc1. The topological polar surface area (TPSA) is 58.4 Å². The molecular weight excluding hydrogens is 338 g/mol. The standard InChI is InChI=1S/C22H27N3O2/c1-13(2)15-5-3-14(4-6-15)10-25-11-17-9-18(25)19(17)24-22(26)20-21(16-7-8-16)27-12-23-20/h3-6,12-13,16-19H,7-11H2,1-2H3,(H,24,26). The summed E-state index contributed by atoms with van der Waals surface area (Å²) in [5.74, 6) is 2.24. The van der Waals surface area contributed by atoms with Crippen molar-refractivity contribution in [2.24, 2.45) is 5.92 Å². The Morgan fingerprint density at radius 2 is 2.07 bits per heavy atom. The van der Waals surface area contributed by atoms with Gasteiger partial charge in [-0.3, -0.25) is 9.69 Å². The molecule has 4 fully saturated rings. The first-order valence-electron chi connectivity index (χ1n) is 10.2. The van der Waals surface area contributed by atoms with Crippen molar-refractivity contribution in [3.63, 3.8) is 0 Å². The molecule has 2 aromatic rings. The summed E-state index contributed by atoms with van der Waals surface area (Å²) in [4.78, 5) is 19.4. The van der Waals surface area contributed by atoms with Crippen molar-refractivity contribution < 1.29 is 9.21 Å². The van der Waals surface area contributed by atoms with Crippen LogP contribution in [0.15, 0.2) is 35.1 Å². The number of benzene rings is 1. The molecule has 2 aliphatic heterocycles. The number of rotatable bonds is 6. The van der Waals surface area contributed by atoms with Crippen molar-refractivity contribution in [3.05, 3.63) is 53.2 Å². The molecule has 6 rings (SSSR count). The van der Waals surface area contributed by atoms with Gasteiger partial charge in [-0.25, -0.2) is 4.98 Å². The summed E-state index contributed by atoms with van der Waals surface area (Å²) in [6.07, 6.45) is 4.80. The highest BCUT2D eigenvalue weighted by atomic mass is 16.3. The summed E-state index contributed by atoms with van der Waals surface area (Å²) in [7, 11) is 0. The Hall–Kier alpha value is -2.14. The molecule has 142 valence electrons. The summed E-state index contributed by atoms with van der Waals surface area (Å²) in [5, 5.41) is 3.24. The van der Waals surface area contributed by atoms with Crippen LogP contribution in [0.3, 0.4) is 0 Å². The van der Waals surface area contributed by atoms with Crippen molar-refractivity contribution in [1.29, 1.82) is 0 Å². The molecule has 3 atom stereocenters. The molecule has 4 aliphatic rings. The van der Waals surface area contributed by atoms with Gasteiger partial charge in [-0.05, 0) is 42.2 Å². The van der Waals surface area contributed by atoms with Crippen LogP contribution in [0.5, 0.6) is 0 Å². The maximum absolute atomic E-state index is 12.7. The van der Waals surface area contributed by atoms with E-state index >= 15 is 0 Å². The first-order chi connectivity index (χ1) is 13.1. The van der Waals surface area contributed by atoms with Gasteiger partial charge in [-0.1, -0.05) is 38.1 Å². The van der Waals surface area contributed by atoms with Gasteiger partial charge in [0.2, 0.25) is 0 Å². The molecule has 3 heterocycles. The van der Waals surface area contributed by atoms with Crippen LogP contribution in [0.1, 0.15) is 72.3 Å². The Kier molecular flexibility index (Phi) is 4.08. The van der Waals surface area contributed by atoms with Gasteiger partial charge in [0.1, 0.15) is 5.76 Å². The van der Waals surface area contributed by atoms with Crippen LogP contribution in [-0.4, -0.2) is 34.4 Å². The van der Waals surface area contributed by atoms with E-state index in [2.05, 4.69) is 53.3 Å². The van der Waals surface area contributed by atoms with E-state index in [9.17, 15) is 4.79 Å². The maximum atomic E-state index is 12.7. The van der Waals surface area contributed by atoms with E-state index < -0.39 is 0 Å². The van der Waals surface area contributed by atoms with Crippen molar-refractivity contribution in [2.45, 2.75) is 63.6 Å². The first-order valence-corrected chi connectivity index (χ1v) is 10.2. The average Bonchev–Trinajstić information content (AvgIpc) is 3.10. The third-order valence-electron chi connectivity index (χ3n) is 6.49. The Balaban J connectivity index is 1.21. The van der Waals surface area contributed by atoms with Crippen molar-refractivity contribution in [1.82, 2.24) is 15.2 Å². The molecule has 5 heteroatoms. The highest BCUT2D eigenvalue weighted by molar-refractivity contribution is 5.93. The van der Waals surface area contributed by atoms with E-state index in [1.165, 1.54) is 23.9 Å². The second-order valence-electron chi connectivity index (χ2n) is 8.73. The second kappa shape index (κ2) is 6.48. The zero-order valence-corrected chi connectivity index (χ0v) is 16.0. The molecular formula is C22H27N3O2. The van der Waals surface area contributed by atoms with Gasteiger partial charge < -0.3 is 9.73 Å². The minimum Gasteiger partial charge on any atom is -0.447 e. The van der Waals surface area contributed by atoms with Crippen LogP contribution in [0.25, 0.3) is 0 Å². The summed E-state index contributed by atoms with van der Waals surface area (Å²) in [6.45, 7) is 6.47. The van der Waals surface area contributed by atoms with Crippen molar-refractivity contribution in [2.75, 3.05) is 6.54 Å². The van der Waals surface area contributed by atoms with E-state index in [1.54, 1.807) is 0 Å². The van der Waals surface area contributed by atoms with E-state index in [4.69, 9.17) is 4.42 Å². The van der Waals surface area contributed by atoms with E-state index in [1.807, 2.05) is 0 Å². The molecule has 1 aromatic heterocycles. The number of nitrogens with one attached hydrogen (secondary N) is 1. The Bertz CT molecular complexity index is 837. The van der Waals surface area contributed by atoms with Gasteiger partial charge in [0, 0.05) is 31.1 Å². The molecule has 1 aromatic carbocycles. The van der Waals surface area contributed by atoms with Gasteiger partial charge in [0.05, 0.1) is 0 Å². The zero-order chi connectivity index (χ0) is 18.5. The van der Waals surface area contributed by atoms with Crippen molar-refractivity contribution in [3.8, 4) is 0 Å². The Labute approximate surface area is 160 Å². The normalized spacial score (nSPS) is 27.0. The summed E-state index contributed by atoms with van der Waals surface area (Å²) >= 11 is 0. The van der Waals surface area contributed by atoms with E-state index in [0.29, 0.717) is 29.5 Å². The monoisotopic (exact) mass is 365 g/mol. The van der Waals surface area contributed by atoms with Gasteiger partial charge in [0.25, 0.3) is 5.91 Å². The number of amides is 1. The number of hydrogen-bond donors (Lipinski definition) is 1. The Morgan fingerprint density at radius 1 is 1.30 bits per heavy atom. The number of hydrogen-bond acceptors (Lipinski definition) is 4. The molecule has 2 saturated heterocycles. The van der Waals surface area contributed by atoms with Crippen LogP contribution in [0.4, 0.5) is 0 Å². The van der Waals surface area contributed by atoms with Crippen LogP contribution in [0, 0.1) is 5.92 Å². The molecule has 27 heavy (non-hydrogen) atoms. The number of aromatic nitrogens is 1. The van der Waals surface area contributed by atoms with Gasteiger partial charge in [-0.2, -0.15) is 0 Å². The van der Waals surface area contributed by atoms with Gasteiger partial charge in [-0.15, -0.1) is 0 Å². The lowest BCUT2D eigenvalue weighted by molar-refractivity contribution is 0.0859. The molecule has 2 saturated carbocycles.